The lowest BCUT2D eigenvalue weighted by molar-refractivity contribution is 0.402. The maximum absolute atomic E-state index is 11.4. The number of rotatable bonds is 4. The fraction of sp³-hybridized carbons (Fsp3) is 0.455. The van der Waals surface area contributed by atoms with Crippen molar-refractivity contribution in [2.45, 2.75) is 31.1 Å². The van der Waals surface area contributed by atoms with Crippen molar-refractivity contribution in [2.24, 2.45) is 0 Å². The van der Waals surface area contributed by atoms with E-state index >= 15 is 0 Å². The Hall–Kier alpha value is -0.740. The van der Waals surface area contributed by atoms with Gasteiger partial charge in [-0.1, -0.05) is 19.9 Å². The van der Waals surface area contributed by atoms with E-state index in [-0.39, 0.29) is 10.6 Å². The van der Waals surface area contributed by atoms with Gasteiger partial charge < -0.3 is 4.74 Å². The van der Waals surface area contributed by atoms with Gasteiger partial charge in [-0.2, -0.15) is 0 Å². The van der Waals surface area contributed by atoms with Crippen LogP contribution >= 0.6 is 10.7 Å². The lowest BCUT2D eigenvalue weighted by atomic mass is 9.99. The van der Waals surface area contributed by atoms with Crippen LogP contribution in [0.15, 0.2) is 23.1 Å². The maximum Gasteiger partial charge on any atom is 0.264 e. The molecule has 1 rings (SSSR count). The summed E-state index contributed by atoms with van der Waals surface area (Å²) in [6, 6.07) is 5.07. The number of methoxy groups -OCH3 is 1. The van der Waals surface area contributed by atoms with Crippen LogP contribution in [0.1, 0.15) is 31.7 Å². The van der Waals surface area contributed by atoms with Crippen molar-refractivity contribution >= 4 is 19.7 Å². The molecule has 0 saturated carbocycles. The molecule has 0 amide bonds. The Morgan fingerprint density at radius 1 is 1.44 bits per heavy atom. The SMILES string of the molecule is CCC(C)c1ccc(OC)c(S(=O)(=O)Cl)c1. The first kappa shape index (κ1) is 13.3. The van der Waals surface area contributed by atoms with Crippen LogP contribution in [0.25, 0.3) is 0 Å². The number of benzene rings is 1. The first-order chi connectivity index (χ1) is 7.40. The fourth-order valence-corrected chi connectivity index (χ4v) is 2.46. The van der Waals surface area contributed by atoms with Gasteiger partial charge in [-0.25, -0.2) is 8.42 Å². The molecule has 0 fully saturated rings. The Kier molecular flexibility index (Phi) is 4.21. The van der Waals surface area contributed by atoms with E-state index in [1.54, 1.807) is 12.1 Å². The van der Waals surface area contributed by atoms with Gasteiger partial charge in [-0.3, -0.25) is 0 Å². The van der Waals surface area contributed by atoms with Crippen LogP contribution in [0.5, 0.6) is 5.75 Å². The van der Waals surface area contributed by atoms with Crippen LogP contribution in [0.4, 0.5) is 0 Å². The van der Waals surface area contributed by atoms with Crippen LogP contribution in [-0.4, -0.2) is 15.5 Å². The molecule has 0 spiro atoms. The van der Waals surface area contributed by atoms with Crippen molar-refractivity contribution in [2.75, 3.05) is 7.11 Å². The zero-order chi connectivity index (χ0) is 12.3. The molecule has 0 aliphatic rings. The molecule has 1 aromatic rings. The van der Waals surface area contributed by atoms with E-state index < -0.39 is 9.05 Å². The summed E-state index contributed by atoms with van der Waals surface area (Å²) in [5, 5.41) is 0. The van der Waals surface area contributed by atoms with E-state index in [4.69, 9.17) is 15.4 Å². The minimum absolute atomic E-state index is 0.0365. The number of halogens is 1. The van der Waals surface area contributed by atoms with E-state index in [0.717, 1.165) is 12.0 Å². The lowest BCUT2D eigenvalue weighted by Gasteiger charge is -2.12. The molecule has 0 aliphatic heterocycles. The van der Waals surface area contributed by atoms with E-state index in [0.29, 0.717) is 5.92 Å². The molecule has 16 heavy (non-hydrogen) atoms. The minimum Gasteiger partial charge on any atom is -0.495 e. The molecule has 3 nitrogen and oxygen atoms in total. The highest BCUT2D eigenvalue weighted by atomic mass is 35.7. The zero-order valence-electron chi connectivity index (χ0n) is 9.53. The van der Waals surface area contributed by atoms with Crippen LogP contribution < -0.4 is 4.74 Å². The number of hydrogen-bond donors (Lipinski definition) is 0. The van der Waals surface area contributed by atoms with Gasteiger partial charge in [0, 0.05) is 10.7 Å². The average Bonchev–Trinajstić information content (AvgIpc) is 2.26. The van der Waals surface area contributed by atoms with Crippen molar-refractivity contribution < 1.29 is 13.2 Å². The summed E-state index contributed by atoms with van der Waals surface area (Å²) in [6.45, 7) is 4.08. The molecular formula is C11H15ClO3S. The van der Waals surface area contributed by atoms with Crippen LogP contribution in [-0.2, 0) is 9.05 Å². The van der Waals surface area contributed by atoms with Crippen molar-refractivity contribution in [1.29, 1.82) is 0 Å². The van der Waals surface area contributed by atoms with Gasteiger partial charge in [0.1, 0.15) is 10.6 Å². The summed E-state index contributed by atoms with van der Waals surface area (Å²) in [4.78, 5) is 0.0365. The quantitative estimate of drug-likeness (QED) is 0.783. The highest BCUT2D eigenvalue weighted by molar-refractivity contribution is 8.13. The van der Waals surface area contributed by atoms with Gasteiger partial charge in [-0.05, 0) is 30.0 Å². The van der Waals surface area contributed by atoms with Crippen molar-refractivity contribution in [1.82, 2.24) is 0 Å². The predicted octanol–water partition coefficient (Wildman–Crippen LogP) is 3.14. The molecule has 0 aromatic heterocycles. The van der Waals surface area contributed by atoms with Crippen LogP contribution in [0.2, 0.25) is 0 Å². The molecule has 0 radical (unpaired) electrons. The summed E-state index contributed by atoms with van der Waals surface area (Å²) in [5.41, 5.74) is 0.947. The van der Waals surface area contributed by atoms with Gasteiger partial charge in [0.05, 0.1) is 7.11 Å². The van der Waals surface area contributed by atoms with Crippen molar-refractivity contribution in [3.05, 3.63) is 23.8 Å². The second kappa shape index (κ2) is 5.06. The summed E-state index contributed by atoms with van der Waals surface area (Å²) >= 11 is 0. The first-order valence-electron chi connectivity index (χ1n) is 5.02. The third-order valence-corrected chi connectivity index (χ3v) is 3.97. The normalized spacial score (nSPS) is 13.5. The smallest absolute Gasteiger partial charge is 0.264 e. The molecule has 1 aromatic carbocycles. The largest absolute Gasteiger partial charge is 0.495 e. The maximum atomic E-state index is 11.4. The Balaban J connectivity index is 3.33. The van der Waals surface area contributed by atoms with Gasteiger partial charge in [0.15, 0.2) is 0 Å². The van der Waals surface area contributed by atoms with Gasteiger partial charge in [0.25, 0.3) is 9.05 Å². The Morgan fingerprint density at radius 2 is 2.06 bits per heavy atom. The van der Waals surface area contributed by atoms with E-state index in [1.807, 2.05) is 19.9 Å². The molecule has 5 heteroatoms. The van der Waals surface area contributed by atoms with Crippen LogP contribution in [0, 0.1) is 0 Å². The molecule has 0 N–H and O–H groups in total. The molecule has 0 aliphatic carbocycles. The number of ether oxygens (including phenoxy) is 1. The predicted molar refractivity (Wildman–Crippen MR) is 64.7 cm³/mol. The van der Waals surface area contributed by atoms with Crippen LogP contribution in [0.3, 0.4) is 0 Å². The minimum atomic E-state index is -3.76. The molecule has 0 heterocycles. The fourth-order valence-electron chi connectivity index (χ4n) is 1.43. The summed E-state index contributed by atoms with van der Waals surface area (Å²) in [5.74, 6) is 0.574. The summed E-state index contributed by atoms with van der Waals surface area (Å²) in [7, 11) is 3.01. The standard InChI is InChI=1S/C11H15ClO3S/c1-4-8(2)9-5-6-10(15-3)11(7-9)16(12,13)14/h5-8H,4H2,1-3H3. The third kappa shape index (κ3) is 2.89. The first-order valence-corrected chi connectivity index (χ1v) is 7.33. The molecule has 90 valence electrons. The molecule has 0 saturated heterocycles. The van der Waals surface area contributed by atoms with E-state index in [1.165, 1.54) is 7.11 Å². The number of hydrogen-bond acceptors (Lipinski definition) is 3. The Morgan fingerprint density at radius 3 is 2.50 bits per heavy atom. The van der Waals surface area contributed by atoms with Gasteiger partial charge >= 0.3 is 0 Å². The summed E-state index contributed by atoms with van der Waals surface area (Å²) < 4.78 is 27.7. The topological polar surface area (TPSA) is 43.4 Å². The third-order valence-electron chi connectivity index (χ3n) is 2.63. The Labute approximate surface area is 101 Å². The molecular weight excluding hydrogens is 248 g/mol. The molecule has 1 unspecified atom stereocenters. The van der Waals surface area contributed by atoms with E-state index in [2.05, 4.69) is 0 Å². The second-order valence-electron chi connectivity index (χ2n) is 3.66. The van der Waals surface area contributed by atoms with Gasteiger partial charge in [-0.15, -0.1) is 0 Å². The highest BCUT2D eigenvalue weighted by Crippen LogP contribution is 2.31. The molecule has 1 atom stereocenters. The molecule has 0 bridgehead atoms. The second-order valence-corrected chi connectivity index (χ2v) is 6.19. The van der Waals surface area contributed by atoms with E-state index in [9.17, 15) is 8.42 Å². The highest BCUT2D eigenvalue weighted by Gasteiger charge is 2.18. The van der Waals surface area contributed by atoms with Gasteiger partial charge in [0.2, 0.25) is 0 Å². The Bertz CT molecular complexity index is 468. The van der Waals surface area contributed by atoms with Crippen molar-refractivity contribution in [3.63, 3.8) is 0 Å². The lowest BCUT2D eigenvalue weighted by Crippen LogP contribution is -1.99. The average molecular weight is 263 g/mol. The zero-order valence-corrected chi connectivity index (χ0v) is 11.1. The van der Waals surface area contributed by atoms with Crippen molar-refractivity contribution in [3.8, 4) is 5.75 Å². The monoisotopic (exact) mass is 262 g/mol. The summed E-state index contributed by atoms with van der Waals surface area (Å²) in [6.07, 6.45) is 0.939.